The van der Waals surface area contributed by atoms with Gasteiger partial charge in [0.1, 0.15) is 10.9 Å². The van der Waals surface area contributed by atoms with Gasteiger partial charge in [0.2, 0.25) is 5.88 Å². The maximum atomic E-state index is 13.2. The molecule has 1 atom stereocenters. The first-order chi connectivity index (χ1) is 23.1. The summed E-state index contributed by atoms with van der Waals surface area (Å²) in [4.78, 5) is 59.6. The molecule has 1 aromatic carbocycles. The van der Waals surface area contributed by atoms with Crippen molar-refractivity contribution in [2.45, 2.75) is 68.0 Å². The number of amides is 2. The monoisotopic (exact) mass is 687 g/mol. The molecule has 0 bridgehead atoms. The van der Waals surface area contributed by atoms with Gasteiger partial charge in [0.15, 0.2) is 17.1 Å². The number of fused-ring (bicyclic) bond motifs is 2. The normalized spacial score (nSPS) is 18.0. The van der Waals surface area contributed by atoms with Gasteiger partial charge >= 0.3 is 0 Å². The van der Waals surface area contributed by atoms with Crippen molar-refractivity contribution in [3.05, 3.63) is 85.9 Å². The smallest absolute Gasteiger partial charge is 0.271 e. The number of carbonyl (C=O) groups is 2. The van der Waals surface area contributed by atoms with Crippen LogP contribution in [0.4, 0.5) is 11.5 Å². The number of rotatable bonds is 6. The second-order valence-corrected chi connectivity index (χ2v) is 13.9. The van der Waals surface area contributed by atoms with Crippen molar-refractivity contribution in [2.24, 2.45) is 16.9 Å². The molecule has 13 nitrogen and oxygen atoms in total. The van der Waals surface area contributed by atoms with E-state index < -0.39 is 28.8 Å². The molecule has 4 aromatic rings. The SMILES string of the molecule is Cc1nc(N2CCC3(CC2)Cc2ncccc2[C@H]3N)c(C(N)=O)nc1Sc1cccc(NC(=O)c2c(O)nc3n(c2=O)CCCC3)c1Cl. The summed E-state index contributed by atoms with van der Waals surface area (Å²) in [5.41, 5.74) is 14.4. The maximum absolute atomic E-state index is 13.2. The summed E-state index contributed by atoms with van der Waals surface area (Å²) >= 11 is 7.90. The van der Waals surface area contributed by atoms with Gasteiger partial charge in [-0.3, -0.25) is 23.9 Å². The molecule has 1 spiro atoms. The second-order valence-electron chi connectivity index (χ2n) is 12.5. The van der Waals surface area contributed by atoms with Gasteiger partial charge in [-0.05, 0) is 68.2 Å². The van der Waals surface area contributed by atoms with Gasteiger partial charge in [-0.1, -0.05) is 35.5 Å². The van der Waals surface area contributed by atoms with E-state index in [0.29, 0.717) is 53.3 Å². The summed E-state index contributed by atoms with van der Waals surface area (Å²) in [5.74, 6) is -1.26. The molecule has 15 heteroatoms. The minimum Gasteiger partial charge on any atom is -0.493 e. The number of aryl methyl sites for hydroxylation is 2. The van der Waals surface area contributed by atoms with E-state index in [0.717, 1.165) is 55.1 Å². The third-order valence-corrected chi connectivity index (χ3v) is 11.3. The molecule has 2 aliphatic heterocycles. The molecule has 2 amide bonds. The number of nitrogens with one attached hydrogen (secondary N) is 1. The Kier molecular flexibility index (Phi) is 8.34. The van der Waals surface area contributed by atoms with Gasteiger partial charge < -0.3 is 26.8 Å². The van der Waals surface area contributed by atoms with Gasteiger partial charge in [0.05, 0.1) is 16.4 Å². The Morgan fingerprint density at radius 3 is 2.65 bits per heavy atom. The van der Waals surface area contributed by atoms with Crippen LogP contribution in [0.1, 0.15) is 75.3 Å². The second kappa shape index (κ2) is 12.5. The predicted molar refractivity (Wildman–Crippen MR) is 181 cm³/mol. The number of nitrogens with zero attached hydrogens (tertiary/aromatic N) is 6. The summed E-state index contributed by atoms with van der Waals surface area (Å²) in [6.45, 7) is 3.49. The van der Waals surface area contributed by atoms with Crippen molar-refractivity contribution in [1.82, 2.24) is 24.5 Å². The number of aromatic nitrogens is 5. The van der Waals surface area contributed by atoms with Crippen LogP contribution in [0.2, 0.25) is 5.02 Å². The largest absolute Gasteiger partial charge is 0.493 e. The first-order valence-corrected chi connectivity index (χ1v) is 17.0. The fourth-order valence-corrected chi connectivity index (χ4v) is 8.19. The van der Waals surface area contributed by atoms with Gasteiger partial charge in [-0.2, -0.15) is 4.98 Å². The average Bonchev–Trinajstić information content (AvgIpc) is 3.34. The fourth-order valence-electron chi connectivity index (χ4n) is 7.02. The van der Waals surface area contributed by atoms with E-state index >= 15 is 0 Å². The number of anilines is 2. The number of carbonyl (C=O) groups excluding carboxylic acids is 2. The van der Waals surface area contributed by atoms with Crippen LogP contribution >= 0.6 is 23.4 Å². The van der Waals surface area contributed by atoms with Crippen LogP contribution in [0, 0.1) is 12.3 Å². The third kappa shape index (κ3) is 5.57. The van der Waals surface area contributed by atoms with Crippen molar-refractivity contribution in [1.29, 1.82) is 0 Å². The Morgan fingerprint density at radius 2 is 1.90 bits per heavy atom. The Morgan fingerprint density at radius 1 is 1.10 bits per heavy atom. The fraction of sp³-hybridized carbons (Fsp3) is 0.364. The minimum atomic E-state index is -0.826. The van der Waals surface area contributed by atoms with E-state index in [1.54, 1.807) is 31.3 Å². The van der Waals surface area contributed by atoms with Crippen LogP contribution in [-0.4, -0.2) is 54.5 Å². The van der Waals surface area contributed by atoms with Crippen molar-refractivity contribution < 1.29 is 14.7 Å². The molecular weight excluding hydrogens is 654 g/mol. The Hall–Kier alpha value is -4.53. The number of halogens is 1. The molecule has 3 aromatic heterocycles. The first kappa shape index (κ1) is 32.0. The Labute approximate surface area is 285 Å². The molecule has 0 saturated carbocycles. The van der Waals surface area contributed by atoms with Gasteiger partial charge in [-0.15, -0.1) is 0 Å². The molecule has 7 rings (SSSR count). The summed E-state index contributed by atoms with van der Waals surface area (Å²) in [6, 6.07) is 8.87. The number of aromatic hydroxyl groups is 1. The van der Waals surface area contributed by atoms with E-state index in [2.05, 4.69) is 26.3 Å². The number of pyridine rings is 1. The van der Waals surface area contributed by atoms with Gasteiger partial charge in [0.25, 0.3) is 17.4 Å². The van der Waals surface area contributed by atoms with Crippen LogP contribution in [-0.2, 0) is 19.4 Å². The average molecular weight is 688 g/mol. The maximum Gasteiger partial charge on any atom is 0.271 e. The van der Waals surface area contributed by atoms with E-state index in [1.807, 2.05) is 11.0 Å². The van der Waals surface area contributed by atoms with Crippen LogP contribution in [0.25, 0.3) is 0 Å². The van der Waals surface area contributed by atoms with Crippen LogP contribution in [0.5, 0.6) is 5.88 Å². The molecule has 5 heterocycles. The summed E-state index contributed by atoms with van der Waals surface area (Å²) in [6.07, 6.45) is 6.43. The van der Waals surface area contributed by atoms with Gasteiger partial charge in [-0.25, -0.2) is 9.97 Å². The van der Waals surface area contributed by atoms with Crippen LogP contribution < -0.4 is 27.2 Å². The zero-order valence-corrected chi connectivity index (χ0v) is 27.8. The van der Waals surface area contributed by atoms with E-state index in [-0.39, 0.29) is 27.9 Å². The molecule has 1 aliphatic carbocycles. The molecule has 0 unspecified atom stereocenters. The number of hydrogen-bond acceptors (Lipinski definition) is 11. The lowest BCUT2D eigenvalue weighted by Gasteiger charge is -2.42. The molecule has 3 aliphatic rings. The van der Waals surface area contributed by atoms with Gasteiger partial charge in [0, 0.05) is 48.9 Å². The molecule has 1 saturated heterocycles. The Balaban J connectivity index is 1.10. The highest BCUT2D eigenvalue weighted by Gasteiger charge is 2.47. The molecule has 6 N–H and O–H groups in total. The predicted octanol–water partition coefficient (Wildman–Crippen LogP) is 3.78. The molecular formula is C33H34ClN9O4S. The number of primary amides is 1. The lowest BCUT2D eigenvalue weighted by molar-refractivity contribution is 0.0991. The number of piperidine rings is 1. The minimum absolute atomic E-state index is 0.0520. The first-order valence-electron chi connectivity index (χ1n) is 15.8. The zero-order chi connectivity index (χ0) is 33.7. The number of hydrogen-bond donors (Lipinski definition) is 4. The topological polar surface area (TPSA) is 195 Å². The standard InChI is InChI=1S/C33H34ClN9O4S/c1-17-31(41-25(27(36)44)28(38-17)42-14-10-33(11-15-42)16-20-18(26(33)35)6-5-12-37-20)48-21-8-4-7-19(24(21)34)39-29(45)23-30(46)40-22-9-2-3-13-43(22)32(23)47/h4-8,12,26,46H,2-3,9-11,13-16,35H2,1H3,(H2,36,44)(H,39,45)/t26-/m1/s1. The molecule has 1 fully saturated rings. The highest BCUT2D eigenvalue weighted by atomic mass is 35.5. The Bertz CT molecular complexity index is 2030. The van der Waals surface area contributed by atoms with E-state index in [4.69, 9.17) is 28.1 Å². The highest BCUT2D eigenvalue weighted by molar-refractivity contribution is 7.99. The lowest BCUT2D eigenvalue weighted by atomic mass is 9.73. The number of benzene rings is 1. The van der Waals surface area contributed by atoms with Crippen LogP contribution in [0.15, 0.2) is 51.2 Å². The summed E-state index contributed by atoms with van der Waals surface area (Å²) in [7, 11) is 0. The van der Waals surface area contributed by atoms with Crippen molar-refractivity contribution >= 4 is 46.7 Å². The molecule has 248 valence electrons. The van der Waals surface area contributed by atoms with Crippen LogP contribution in [0.3, 0.4) is 0 Å². The lowest BCUT2D eigenvalue weighted by Crippen LogP contribution is -2.45. The summed E-state index contributed by atoms with van der Waals surface area (Å²) in [5, 5.41) is 13.7. The molecule has 48 heavy (non-hydrogen) atoms. The van der Waals surface area contributed by atoms with E-state index in [9.17, 15) is 19.5 Å². The quantitative estimate of drug-likeness (QED) is 0.230. The number of nitrogens with two attached hydrogens (primary N) is 2. The summed E-state index contributed by atoms with van der Waals surface area (Å²) < 4.78 is 1.43. The van der Waals surface area contributed by atoms with Crippen molar-refractivity contribution in [2.75, 3.05) is 23.3 Å². The van der Waals surface area contributed by atoms with Crippen molar-refractivity contribution in [3.8, 4) is 5.88 Å². The zero-order valence-electron chi connectivity index (χ0n) is 26.2. The molecule has 0 radical (unpaired) electrons. The third-order valence-electron chi connectivity index (χ3n) is 9.65. The highest BCUT2D eigenvalue weighted by Crippen LogP contribution is 2.50. The van der Waals surface area contributed by atoms with Crippen molar-refractivity contribution in [3.63, 3.8) is 0 Å². The van der Waals surface area contributed by atoms with E-state index in [1.165, 1.54) is 4.57 Å².